The first kappa shape index (κ1) is 15.8. The molecule has 7 heteroatoms. The molecule has 4 heterocycles. The summed E-state index contributed by atoms with van der Waals surface area (Å²) in [5.74, 6) is 0.775. The molecule has 0 atom stereocenters. The van der Waals surface area contributed by atoms with Gasteiger partial charge in [-0.3, -0.25) is 4.98 Å². The maximum absolute atomic E-state index is 5.96. The number of fused-ring (bicyclic) bond motifs is 2. The van der Waals surface area contributed by atoms with Crippen molar-refractivity contribution in [2.24, 2.45) is 0 Å². The summed E-state index contributed by atoms with van der Waals surface area (Å²) in [5.41, 5.74) is 4.47. The molecule has 5 aromatic rings. The largest absolute Gasteiger partial charge is 0.264 e. The zero-order valence-corrected chi connectivity index (χ0v) is 14.9. The summed E-state index contributed by atoms with van der Waals surface area (Å²) in [6, 6.07) is 17.6. The van der Waals surface area contributed by atoms with Crippen LogP contribution in [-0.4, -0.2) is 29.8 Å². The van der Waals surface area contributed by atoms with Crippen molar-refractivity contribution in [3.05, 3.63) is 83.5 Å². The van der Waals surface area contributed by atoms with E-state index in [4.69, 9.17) is 16.7 Å². The van der Waals surface area contributed by atoms with E-state index in [1.807, 2.05) is 42.5 Å². The minimum absolute atomic E-state index is 0.492. The Balaban J connectivity index is 1.54. The molecule has 0 bridgehead atoms. The fourth-order valence-electron chi connectivity index (χ4n) is 3.05. The molecule has 5 rings (SSSR count). The molecule has 0 spiro atoms. The van der Waals surface area contributed by atoms with Crippen LogP contribution in [0.15, 0.2) is 67.0 Å². The lowest BCUT2D eigenvalue weighted by Crippen LogP contribution is -2.01. The van der Waals surface area contributed by atoms with Crippen molar-refractivity contribution in [2.45, 2.75) is 6.42 Å². The molecule has 0 saturated heterocycles. The highest BCUT2D eigenvalue weighted by Gasteiger charge is 2.10. The van der Waals surface area contributed by atoms with E-state index >= 15 is 0 Å². The Morgan fingerprint density at radius 1 is 0.963 bits per heavy atom. The second kappa shape index (κ2) is 6.41. The zero-order valence-electron chi connectivity index (χ0n) is 14.1. The zero-order chi connectivity index (χ0) is 18.2. The van der Waals surface area contributed by atoms with Gasteiger partial charge in [0.1, 0.15) is 5.15 Å². The van der Waals surface area contributed by atoms with E-state index < -0.39 is 0 Å². The van der Waals surface area contributed by atoms with Gasteiger partial charge in [-0.25, -0.2) is 4.98 Å². The summed E-state index contributed by atoms with van der Waals surface area (Å²) < 4.78 is 1.78. The Morgan fingerprint density at radius 3 is 2.81 bits per heavy atom. The van der Waals surface area contributed by atoms with E-state index in [0.29, 0.717) is 17.2 Å². The smallest absolute Gasteiger partial charge is 0.177 e. The molecule has 4 aromatic heterocycles. The second-order valence-corrected chi connectivity index (χ2v) is 6.57. The Kier molecular flexibility index (Phi) is 3.76. The molecule has 1 aromatic carbocycles. The second-order valence-electron chi connectivity index (χ2n) is 6.18. The molecule has 27 heavy (non-hydrogen) atoms. The van der Waals surface area contributed by atoms with E-state index in [1.54, 1.807) is 23.0 Å². The van der Waals surface area contributed by atoms with Crippen LogP contribution in [0.4, 0.5) is 0 Å². The Hall–Kier alpha value is -3.38. The molecular formula is C20H13ClN6. The summed E-state index contributed by atoms with van der Waals surface area (Å²) in [6.45, 7) is 0. The van der Waals surface area contributed by atoms with Crippen molar-refractivity contribution >= 4 is 28.2 Å². The first-order valence-corrected chi connectivity index (χ1v) is 8.81. The van der Waals surface area contributed by atoms with Crippen molar-refractivity contribution in [2.75, 3.05) is 0 Å². The van der Waals surface area contributed by atoms with Crippen LogP contribution < -0.4 is 0 Å². The van der Waals surface area contributed by atoms with E-state index in [2.05, 4.69) is 26.2 Å². The molecule has 0 unspecified atom stereocenters. The monoisotopic (exact) mass is 372 g/mol. The first-order valence-electron chi connectivity index (χ1n) is 8.43. The van der Waals surface area contributed by atoms with Crippen molar-refractivity contribution in [3.63, 3.8) is 0 Å². The van der Waals surface area contributed by atoms with Gasteiger partial charge in [0.05, 0.1) is 11.2 Å². The summed E-state index contributed by atoms with van der Waals surface area (Å²) >= 11 is 5.96. The normalized spacial score (nSPS) is 11.3. The molecule has 0 aliphatic carbocycles. The highest BCUT2D eigenvalue weighted by Crippen LogP contribution is 2.20. The lowest BCUT2D eigenvalue weighted by molar-refractivity contribution is 0.842. The minimum atomic E-state index is 0.492. The first-order chi connectivity index (χ1) is 13.3. The van der Waals surface area contributed by atoms with Gasteiger partial charge < -0.3 is 0 Å². The van der Waals surface area contributed by atoms with E-state index in [1.165, 1.54) is 0 Å². The van der Waals surface area contributed by atoms with Gasteiger partial charge in [-0.2, -0.15) is 9.61 Å². The van der Waals surface area contributed by atoms with E-state index in [0.717, 1.165) is 33.5 Å². The van der Waals surface area contributed by atoms with Gasteiger partial charge in [0.25, 0.3) is 0 Å². The van der Waals surface area contributed by atoms with Crippen molar-refractivity contribution < 1.29 is 0 Å². The van der Waals surface area contributed by atoms with Gasteiger partial charge in [-0.1, -0.05) is 17.7 Å². The third kappa shape index (κ3) is 3.00. The third-order valence-electron chi connectivity index (χ3n) is 4.37. The molecule has 0 aliphatic heterocycles. The maximum Gasteiger partial charge on any atom is 0.177 e. The quantitative estimate of drug-likeness (QED) is 0.448. The Labute approximate surface area is 159 Å². The van der Waals surface area contributed by atoms with Crippen molar-refractivity contribution in [3.8, 4) is 11.3 Å². The van der Waals surface area contributed by atoms with Gasteiger partial charge in [-0.05, 0) is 54.1 Å². The molecule has 0 amide bonds. The summed E-state index contributed by atoms with van der Waals surface area (Å²) in [7, 11) is 0. The predicted molar refractivity (Wildman–Crippen MR) is 104 cm³/mol. The minimum Gasteiger partial charge on any atom is -0.264 e. The molecule has 6 nitrogen and oxygen atoms in total. The van der Waals surface area contributed by atoms with Gasteiger partial charge in [0.2, 0.25) is 0 Å². The highest BCUT2D eigenvalue weighted by molar-refractivity contribution is 6.29. The SMILES string of the molecule is Clc1ccc2cc(Cc3nnc4ccc(-c5cccnc5)nn34)ccc2n1. The van der Waals surface area contributed by atoms with E-state index in [9.17, 15) is 0 Å². The standard InChI is InChI=1S/C20H13ClN6/c21-18-7-4-14-10-13(3-5-16(14)23-18)11-20-25-24-19-8-6-17(26-27(19)20)15-2-1-9-22-12-15/h1-10,12H,11H2. The number of hydrogen-bond donors (Lipinski definition) is 0. The number of nitrogens with zero attached hydrogens (tertiary/aromatic N) is 6. The molecule has 0 radical (unpaired) electrons. The van der Waals surface area contributed by atoms with Gasteiger partial charge in [0.15, 0.2) is 11.5 Å². The van der Waals surface area contributed by atoms with Gasteiger partial charge in [0, 0.05) is 29.8 Å². The molecule has 0 aliphatic rings. The fourth-order valence-corrected chi connectivity index (χ4v) is 3.21. The predicted octanol–water partition coefficient (Wildman–Crippen LogP) is 3.98. The fraction of sp³-hybridized carbons (Fsp3) is 0.0500. The molecule has 0 saturated carbocycles. The van der Waals surface area contributed by atoms with Crippen LogP contribution >= 0.6 is 11.6 Å². The van der Waals surface area contributed by atoms with Gasteiger partial charge in [-0.15, -0.1) is 10.2 Å². The maximum atomic E-state index is 5.96. The van der Waals surface area contributed by atoms with Crippen LogP contribution in [0.1, 0.15) is 11.4 Å². The Bertz CT molecular complexity index is 1270. The Morgan fingerprint density at radius 2 is 1.93 bits per heavy atom. The van der Waals surface area contributed by atoms with Crippen LogP contribution in [0.2, 0.25) is 5.15 Å². The van der Waals surface area contributed by atoms with Crippen LogP contribution in [-0.2, 0) is 6.42 Å². The number of halogens is 1. The number of benzene rings is 1. The van der Waals surface area contributed by atoms with Crippen LogP contribution in [0.5, 0.6) is 0 Å². The lowest BCUT2D eigenvalue weighted by atomic mass is 10.1. The van der Waals surface area contributed by atoms with Crippen molar-refractivity contribution in [1.82, 2.24) is 29.8 Å². The van der Waals surface area contributed by atoms with Crippen molar-refractivity contribution in [1.29, 1.82) is 0 Å². The summed E-state index contributed by atoms with van der Waals surface area (Å²) in [6.07, 6.45) is 4.15. The lowest BCUT2D eigenvalue weighted by Gasteiger charge is -2.04. The number of aromatic nitrogens is 6. The summed E-state index contributed by atoms with van der Waals surface area (Å²) in [5, 5.41) is 14.8. The molecule has 0 N–H and O–H groups in total. The van der Waals surface area contributed by atoms with Crippen LogP contribution in [0.3, 0.4) is 0 Å². The van der Waals surface area contributed by atoms with E-state index in [-0.39, 0.29) is 0 Å². The van der Waals surface area contributed by atoms with Gasteiger partial charge >= 0.3 is 0 Å². The molecular weight excluding hydrogens is 360 g/mol. The number of hydrogen-bond acceptors (Lipinski definition) is 5. The number of rotatable bonds is 3. The topological polar surface area (TPSA) is 68.9 Å². The van der Waals surface area contributed by atoms with Crippen LogP contribution in [0.25, 0.3) is 27.8 Å². The molecule has 130 valence electrons. The van der Waals surface area contributed by atoms with Crippen LogP contribution in [0, 0.1) is 0 Å². The molecule has 0 fully saturated rings. The number of pyridine rings is 2. The average Bonchev–Trinajstić information content (AvgIpc) is 3.11. The third-order valence-corrected chi connectivity index (χ3v) is 4.58. The average molecular weight is 373 g/mol. The summed E-state index contributed by atoms with van der Waals surface area (Å²) in [4.78, 5) is 8.48. The highest BCUT2D eigenvalue weighted by atomic mass is 35.5.